The average molecular weight is 451 g/mol. The molecular formula is C23H29F3N4O2. The fraction of sp³-hybridized carbons (Fsp3) is 0.522. The summed E-state index contributed by atoms with van der Waals surface area (Å²) >= 11 is 0. The van der Waals surface area contributed by atoms with Crippen molar-refractivity contribution in [2.75, 3.05) is 19.6 Å². The van der Waals surface area contributed by atoms with Crippen LogP contribution in [0.2, 0.25) is 0 Å². The summed E-state index contributed by atoms with van der Waals surface area (Å²) in [7, 11) is 0. The Bertz CT molecular complexity index is 984. The fourth-order valence-corrected chi connectivity index (χ4v) is 4.20. The molecule has 2 aromatic rings. The third kappa shape index (κ3) is 5.38. The largest absolute Gasteiger partial charge is 0.416 e. The Hall–Kier alpha value is -2.68. The predicted octanol–water partition coefficient (Wildman–Crippen LogP) is 4.07. The van der Waals surface area contributed by atoms with Gasteiger partial charge in [0.25, 0.3) is 11.7 Å². The number of hydrogen-bond donors (Lipinski definition) is 1. The quantitative estimate of drug-likeness (QED) is 0.392. The van der Waals surface area contributed by atoms with Crippen LogP contribution in [0.3, 0.4) is 0 Å². The molecule has 9 heteroatoms. The minimum atomic E-state index is -4.49. The number of hydrogen-bond acceptors (Lipinski definition) is 4. The van der Waals surface area contributed by atoms with Gasteiger partial charge in [0.1, 0.15) is 0 Å². The number of alkyl halides is 3. The van der Waals surface area contributed by atoms with Crippen LogP contribution < -0.4 is 5.32 Å². The molecule has 1 unspecified atom stereocenters. The summed E-state index contributed by atoms with van der Waals surface area (Å²) in [5.74, 6) is -1.46. The molecule has 1 saturated heterocycles. The molecule has 1 aliphatic heterocycles. The van der Waals surface area contributed by atoms with Crippen molar-refractivity contribution in [2.45, 2.75) is 58.7 Å². The lowest BCUT2D eigenvalue weighted by molar-refractivity contribution is -0.137. The Balaban J connectivity index is 1.66. The van der Waals surface area contributed by atoms with E-state index in [4.69, 9.17) is 0 Å². The van der Waals surface area contributed by atoms with Gasteiger partial charge in [0.2, 0.25) is 0 Å². The van der Waals surface area contributed by atoms with Crippen molar-refractivity contribution in [3.63, 3.8) is 0 Å². The number of likely N-dealkylation sites (tertiary alicyclic amines) is 1. The second-order valence-electron chi connectivity index (χ2n) is 8.33. The van der Waals surface area contributed by atoms with Gasteiger partial charge < -0.3 is 10.2 Å². The molecule has 0 bridgehead atoms. The smallest absolute Gasteiger partial charge is 0.349 e. The zero-order valence-corrected chi connectivity index (χ0v) is 18.6. The first-order valence-corrected chi connectivity index (χ1v) is 10.9. The Kier molecular flexibility index (Phi) is 7.38. The average Bonchev–Trinajstić information content (AvgIpc) is 3.05. The van der Waals surface area contributed by atoms with Crippen molar-refractivity contribution in [3.05, 3.63) is 46.8 Å². The number of Topliss-reactive ketones (excluding diaryl/α,β-unsaturated/α-hetero) is 1. The van der Waals surface area contributed by atoms with Gasteiger partial charge in [-0.3, -0.25) is 9.59 Å². The highest BCUT2D eigenvalue weighted by molar-refractivity contribution is 6.43. The summed E-state index contributed by atoms with van der Waals surface area (Å²) in [6, 6.07) is 5.23. The van der Waals surface area contributed by atoms with Crippen molar-refractivity contribution >= 4 is 11.7 Å². The van der Waals surface area contributed by atoms with Gasteiger partial charge in [-0.05, 0) is 64.8 Å². The number of aryl methyl sites for hydroxylation is 1. The van der Waals surface area contributed by atoms with E-state index in [0.717, 1.165) is 31.6 Å². The highest BCUT2D eigenvalue weighted by Crippen LogP contribution is 2.31. The van der Waals surface area contributed by atoms with Gasteiger partial charge >= 0.3 is 6.18 Å². The summed E-state index contributed by atoms with van der Waals surface area (Å²) in [6.07, 6.45) is -0.139. The Morgan fingerprint density at radius 3 is 2.66 bits per heavy atom. The molecule has 2 heterocycles. The van der Waals surface area contributed by atoms with Crippen LogP contribution in [0.5, 0.6) is 0 Å². The van der Waals surface area contributed by atoms with Crippen LogP contribution in [-0.4, -0.2) is 52.0 Å². The fourth-order valence-electron chi connectivity index (χ4n) is 4.20. The van der Waals surface area contributed by atoms with Crippen molar-refractivity contribution < 1.29 is 22.8 Å². The second kappa shape index (κ2) is 9.85. The molecule has 3 rings (SSSR count). The summed E-state index contributed by atoms with van der Waals surface area (Å²) in [6.45, 7) is 7.64. The minimum absolute atomic E-state index is 0.115. The summed E-state index contributed by atoms with van der Waals surface area (Å²) in [5.41, 5.74) is 0.0996. The van der Waals surface area contributed by atoms with E-state index in [9.17, 15) is 22.8 Å². The standard InChI is InChI=1S/C23H29F3N4O2/c1-15-8-4-5-12-29(15)13-7-11-27-22(32)21(31)20-16(2)28-30(17(20)3)19-10-6-9-18(14-19)23(24,25)26/h6,9-10,14-15H,4-5,7-8,11-13H2,1-3H3,(H,27,32). The molecular weight excluding hydrogens is 421 g/mol. The number of rotatable bonds is 7. The van der Waals surface area contributed by atoms with E-state index >= 15 is 0 Å². The second-order valence-corrected chi connectivity index (χ2v) is 8.33. The van der Waals surface area contributed by atoms with Crippen LogP contribution >= 0.6 is 0 Å². The van der Waals surface area contributed by atoms with Crippen molar-refractivity contribution in [3.8, 4) is 5.69 Å². The van der Waals surface area contributed by atoms with Crippen LogP contribution in [0.25, 0.3) is 5.69 Å². The number of carbonyl (C=O) groups is 2. The molecule has 1 atom stereocenters. The Morgan fingerprint density at radius 1 is 1.22 bits per heavy atom. The van der Waals surface area contributed by atoms with Crippen molar-refractivity contribution in [1.82, 2.24) is 20.0 Å². The van der Waals surface area contributed by atoms with Crippen molar-refractivity contribution in [2.24, 2.45) is 0 Å². The Morgan fingerprint density at radius 2 is 1.97 bits per heavy atom. The van der Waals surface area contributed by atoms with Gasteiger partial charge in [0.05, 0.1) is 28.2 Å². The third-order valence-electron chi connectivity index (χ3n) is 5.99. The SMILES string of the molecule is Cc1nn(-c2cccc(C(F)(F)F)c2)c(C)c1C(=O)C(=O)NCCCN1CCCCC1C. The van der Waals surface area contributed by atoms with E-state index in [1.54, 1.807) is 13.8 Å². The molecule has 6 nitrogen and oxygen atoms in total. The molecule has 0 saturated carbocycles. The first kappa shape index (κ1) is 24.0. The van der Waals surface area contributed by atoms with Crippen LogP contribution in [0.4, 0.5) is 13.2 Å². The molecule has 0 spiro atoms. The molecule has 174 valence electrons. The number of nitrogens with one attached hydrogen (secondary N) is 1. The number of carbonyl (C=O) groups excluding carboxylic acids is 2. The van der Waals surface area contributed by atoms with Crippen LogP contribution in [-0.2, 0) is 11.0 Å². The van der Waals surface area contributed by atoms with Gasteiger partial charge in [-0.25, -0.2) is 4.68 Å². The van der Waals surface area contributed by atoms with E-state index in [2.05, 4.69) is 22.2 Å². The molecule has 1 aliphatic rings. The zero-order chi connectivity index (χ0) is 23.5. The van der Waals surface area contributed by atoms with E-state index in [-0.39, 0.29) is 11.3 Å². The summed E-state index contributed by atoms with van der Waals surface area (Å²) < 4.78 is 40.4. The summed E-state index contributed by atoms with van der Waals surface area (Å²) in [4.78, 5) is 27.6. The highest BCUT2D eigenvalue weighted by atomic mass is 19.4. The number of halogens is 3. The summed E-state index contributed by atoms with van der Waals surface area (Å²) in [5, 5.41) is 6.88. The maximum Gasteiger partial charge on any atom is 0.416 e. The van der Waals surface area contributed by atoms with E-state index in [1.807, 2.05) is 0 Å². The lowest BCUT2D eigenvalue weighted by Gasteiger charge is -2.33. The van der Waals surface area contributed by atoms with Crippen LogP contribution in [0.15, 0.2) is 24.3 Å². The Labute approximate surface area is 185 Å². The van der Waals surface area contributed by atoms with Gasteiger partial charge in [-0.1, -0.05) is 12.5 Å². The number of nitrogens with zero attached hydrogens (tertiary/aromatic N) is 3. The highest BCUT2D eigenvalue weighted by Gasteiger charge is 2.31. The van der Waals surface area contributed by atoms with Gasteiger partial charge in [-0.15, -0.1) is 0 Å². The van der Waals surface area contributed by atoms with Gasteiger partial charge in [-0.2, -0.15) is 18.3 Å². The van der Waals surface area contributed by atoms with E-state index in [1.165, 1.54) is 36.1 Å². The number of piperidine rings is 1. The number of aromatic nitrogens is 2. The van der Waals surface area contributed by atoms with E-state index < -0.39 is 23.4 Å². The molecule has 1 aromatic heterocycles. The molecule has 1 aromatic carbocycles. The van der Waals surface area contributed by atoms with Crippen LogP contribution in [0, 0.1) is 13.8 Å². The lowest BCUT2D eigenvalue weighted by Crippen LogP contribution is -2.40. The maximum absolute atomic E-state index is 13.1. The van der Waals surface area contributed by atoms with Crippen LogP contribution in [0.1, 0.15) is 59.9 Å². The van der Waals surface area contributed by atoms with Gasteiger partial charge in [0.15, 0.2) is 0 Å². The number of benzene rings is 1. The number of ketones is 1. The minimum Gasteiger partial charge on any atom is -0.349 e. The molecule has 32 heavy (non-hydrogen) atoms. The van der Waals surface area contributed by atoms with E-state index in [0.29, 0.717) is 24.0 Å². The molecule has 1 N–H and O–H groups in total. The van der Waals surface area contributed by atoms with Gasteiger partial charge in [0, 0.05) is 19.1 Å². The lowest BCUT2D eigenvalue weighted by atomic mass is 10.0. The zero-order valence-electron chi connectivity index (χ0n) is 18.6. The molecule has 0 radical (unpaired) electrons. The number of amides is 1. The molecule has 1 fully saturated rings. The predicted molar refractivity (Wildman–Crippen MR) is 115 cm³/mol. The van der Waals surface area contributed by atoms with Crippen molar-refractivity contribution in [1.29, 1.82) is 0 Å². The topological polar surface area (TPSA) is 67.2 Å². The normalized spacial score (nSPS) is 17.4. The maximum atomic E-state index is 13.1. The third-order valence-corrected chi connectivity index (χ3v) is 5.99. The monoisotopic (exact) mass is 450 g/mol. The first-order chi connectivity index (χ1) is 15.1. The first-order valence-electron chi connectivity index (χ1n) is 10.9. The molecule has 0 aliphatic carbocycles. The molecule has 1 amide bonds.